The molecule has 0 aliphatic carbocycles. The van der Waals surface area contributed by atoms with Crippen molar-refractivity contribution < 1.29 is 4.42 Å². The van der Waals surface area contributed by atoms with Gasteiger partial charge in [0.2, 0.25) is 11.8 Å². The van der Waals surface area contributed by atoms with E-state index in [0.717, 1.165) is 31.3 Å². The molecule has 1 aromatic carbocycles. The standard InChI is InChI=1S/C20H26N6O/c1-15-21-16(2)26(24-15)13-18-9-6-10-25(12-18)14-20-23-22-19(27-20)11-17-7-4-3-5-8-17/h3-5,7-8,18H,6,9-14H2,1-2H3. The van der Waals surface area contributed by atoms with Crippen molar-refractivity contribution in [2.24, 2.45) is 5.92 Å². The minimum absolute atomic E-state index is 0.574. The predicted octanol–water partition coefficient (Wildman–Crippen LogP) is 2.78. The molecule has 1 unspecified atom stereocenters. The van der Waals surface area contributed by atoms with Gasteiger partial charge in [-0.1, -0.05) is 30.3 Å². The minimum Gasteiger partial charge on any atom is -0.424 e. The van der Waals surface area contributed by atoms with Gasteiger partial charge in [-0.2, -0.15) is 5.10 Å². The first kappa shape index (κ1) is 17.9. The molecule has 0 bridgehead atoms. The van der Waals surface area contributed by atoms with Crippen molar-refractivity contribution in [3.05, 3.63) is 59.3 Å². The van der Waals surface area contributed by atoms with Crippen molar-refractivity contribution in [2.75, 3.05) is 13.1 Å². The smallest absolute Gasteiger partial charge is 0.230 e. The van der Waals surface area contributed by atoms with E-state index in [1.165, 1.54) is 18.4 Å². The summed E-state index contributed by atoms with van der Waals surface area (Å²) in [4.78, 5) is 6.82. The lowest BCUT2D eigenvalue weighted by Crippen LogP contribution is -2.37. The van der Waals surface area contributed by atoms with Gasteiger partial charge in [-0.3, -0.25) is 4.90 Å². The second kappa shape index (κ2) is 8.00. The lowest BCUT2D eigenvalue weighted by atomic mass is 9.98. The van der Waals surface area contributed by atoms with Crippen LogP contribution in [0.15, 0.2) is 34.7 Å². The van der Waals surface area contributed by atoms with Crippen molar-refractivity contribution in [3.63, 3.8) is 0 Å². The summed E-state index contributed by atoms with van der Waals surface area (Å²) in [5.41, 5.74) is 1.18. The first-order valence-electron chi connectivity index (χ1n) is 9.61. The monoisotopic (exact) mass is 366 g/mol. The summed E-state index contributed by atoms with van der Waals surface area (Å²) in [7, 11) is 0. The van der Waals surface area contributed by atoms with E-state index in [-0.39, 0.29) is 0 Å². The highest BCUT2D eigenvalue weighted by molar-refractivity contribution is 5.17. The van der Waals surface area contributed by atoms with E-state index in [1.54, 1.807) is 0 Å². The molecule has 0 spiro atoms. The Hall–Kier alpha value is -2.54. The molecule has 142 valence electrons. The van der Waals surface area contributed by atoms with Gasteiger partial charge in [-0.25, -0.2) is 9.67 Å². The lowest BCUT2D eigenvalue weighted by Gasteiger charge is -2.31. The Balaban J connectivity index is 1.33. The third-order valence-electron chi connectivity index (χ3n) is 5.06. The Morgan fingerprint density at radius 2 is 1.93 bits per heavy atom. The summed E-state index contributed by atoms with van der Waals surface area (Å²) < 4.78 is 7.91. The van der Waals surface area contributed by atoms with Crippen LogP contribution in [0.1, 0.15) is 41.8 Å². The number of benzene rings is 1. The molecule has 1 fully saturated rings. The number of likely N-dealkylation sites (tertiary alicyclic amines) is 1. The molecule has 4 rings (SSSR count). The molecule has 3 heterocycles. The fourth-order valence-electron chi connectivity index (χ4n) is 3.81. The number of aromatic nitrogens is 5. The van der Waals surface area contributed by atoms with Gasteiger partial charge in [0.1, 0.15) is 11.6 Å². The minimum atomic E-state index is 0.574. The number of piperidine rings is 1. The van der Waals surface area contributed by atoms with E-state index in [1.807, 2.05) is 36.7 Å². The first-order chi connectivity index (χ1) is 13.2. The summed E-state index contributed by atoms with van der Waals surface area (Å²) in [6.45, 7) is 7.70. The van der Waals surface area contributed by atoms with E-state index in [0.29, 0.717) is 30.7 Å². The molecular formula is C20H26N6O. The molecule has 7 heteroatoms. The zero-order valence-electron chi connectivity index (χ0n) is 16.0. The number of rotatable bonds is 6. The summed E-state index contributed by atoms with van der Waals surface area (Å²) in [6, 6.07) is 10.2. The van der Waals surface area contributed by atoms with Crippen LogP contribution in [0.2, 0.25) is 0 Å². The first-order valence-corrected chi connectivity index (χ1v) is 9.61. The van der Waals surface area contributed by atoms with E-state index < -0.39 is 0 Å². The predicted molar refractivity (Wildman–Crippen MR) is 101 cm³/mol. The van der Waals surface area contributed by atoms with Crippen LogP contribution in [-0.2, 0) is 19.5 Å². The zero-order valence-corrected chi connectivity index (χ0v) is 16.0. The van der Waals surface area contributed by atoms with E-state index in [9.17, 15) is 0 Å². The Morgan fingerprint density at radius 1 is 1.11 bits per heavy atom. The van der Waals surface area contributed by atoms with Crippen LogP contribution in [0.4, 0.5) is 0 Å². The maximum atomic E-state index is 5.87. The third kappa shape index (κ3) is 4.60. The molecule has 0 saturated carbocycles. The molecular weight excluding hydrogens is 340 g/mol. The molecule has 1 atom stereocenters. The van der Waals surface area contributed by atoms with Crippen molar-refractivity contribution in [1.82, 2.24) is 29.9 Å². The van der Waals surface area contributed by atoms with Crippen LogP contribution in [0.3, 0.4) is 0 Å². The van der Waals surface area contributed by atoms with Gasteiger partial charge < -0.3 is 4.42 Å². The summed E-state index contributed by atoms with van der Waals surface area (Å²) in [5.74, 6) is 3.79. The van der Waals surface area contributed by atoms with E-state index in [4.69, 9.17) is 4.42 Å². The fourth-order valence-corrected chi connectivity index (χ4v) is 3.81. The highest BCUT2D eigenvalue weighted by atomic mass is 16.4. The maximum Gasteiger partial charge on any atom is 0.230 e. The van der Waals surface area contributed by atoms with Gasteiger partial charge in [-0.05, 0) is 44.7 Å². The molecule has 0 N–H and O–H groups in total. The quantitative estimate of drug-likeness (QED) is 0.668. The average Bonchev–Trinajstić information content (AvgIpc) is 3.22. The van der Waals surface area contributed by atoms with Gasteiger partial charge in [-0.15, -0.1) is 10.2 Å². The topological polar surface area (TPSA) is 72.9 Å². The molecule has 1 saturated heterocycles. The van der Waals surface area contributed by atoms with Gasteiger partial charge >= 0.3 is 0 Å². The highest BCUT2D eigenvalue weighted by Crippen LogP contribution is 2.20. The number of aryl methyl sites for hydroxylation is 2. The van der Waals surface area contributed by atoms with Gasteiger partial charge in [0.25, 0.3) is 0 Å². The van der Waals surface area contributed by atoms with Crippen molar-refractivity contribution >= 4 is 0 Å². The Morgan fingerprint density at radius 3 is 2.70 bits per heavy atom. The van der Waals surface area contributed by atoms with Crippen molar-refractivity contribution in [3.8, 4) is 0 Å². The van der Waals surface area contributed by atoms with Gasteiger partial charge in [0.15, 0.2) is 0 Å². The number of hydrogen-bond donors (Lipinski definition) is 0. The lowest BCUT2D eigenvalue weighted by molar-refractivity contribution is 0.141. The molecule has 3 aromatic rings. The molecule has 1 aliphatic rings. The van der Waals surface area contributed by atoms with Crippen LogP contribution in [0.25, 0.3) is 0 Å². The highest BCUT2D eigenvalue weighted by Gasteiger charge is 2.23. The number of nitrogens with zero attached hydrogens (tertiary/aromatic N) is 6. The Kier molecular flexibility index (Phi) is 5.29. The Bertz CT molecular complexity index is 872. The SMILES string of the molecule is Cc1nc(C)n(CC2CCCN(Cc3nnc(Cc4ccccc4)o3)C2)n1. The second-order valence-corrected chi connectivity index (χ2v) is 7.38. The van der Waals surface area contributed by atoms with Crippen LogP contribution in [0.5, 0.6) is 0 Å². The largest absolute Gasteiger partial charge is 0.424 e. The van der Waals surface area contributed by atoms with E-state index >= 15 is 0 Å². The maximum absolute atomic E-state index is 5.87. The van der Waals surface area contributed by atoms with Gasteiger partial charge in [0, 0.05) is 13.1 Å². The summed E-state index contributed by atoms with van der Waals surface area (Å²) in [5, 5.41) is 13.0. The molecule has 0 radical (unpaired) electrons. The molecule has 2 aromatic heterocycles. The average molecular weight is 366 g/mol. The summed E-state index contributed by atoms with van der Waals surface area (Å²) in [6.07, 6.45) is 3.09. The van der Waals surface area contributed by atoms with Crippen LogP contribution < -0.4 is 0 Å². The van der Waals surface area contributed by atoms with Crippen molar-refractivity contribution in [1.29, 1.82) is 0 Å². The van der Waals surface area contributed by atoms with Crippen molar-refractivity contribution in [2.45, 2.75) is 46.2 Å². The number of hydrogen-bond acceptors (Lipinski definition) is 6. The van der Waals surface area contributed by atoms with Crippen LogP contribution >= 0.6 is 0 Å². The normalized spacial score (nSPS) is 18.1. The summed E-state index contributed by atoms with van der Waals surface area (Å²) >= 11 is 0. The van der Waals surface area contributed by atoms with Crippen LogP contribution in [0, 0.1) is 19.8 Å². The van der Waals surface area contributed by atoms with Crippen LogP contribution in [-0.4, -0.2) is 43.0 Å². The third-order valence-corrected chi connectivity index (χ3v) is 5.06. The molecule has 7 nitrogen and oxygen atoms in total. The van der Waals surface area contributed by atoms with Gasteiger partial charge in [0.05, 0.1) is 13.0 Å². The fraction of sp³-hybridized carbons (Fsp3) is 0.500. The van der Waals surface area contributed by atoms with E-state index in [2.05, 4.69) is 37.3 Å². The zero-order chi connectivity index (χ0) is 18.6. The molecule has 27 heavy (non-hydrogen) atoms. The Labute approximate surface area is 159 Å². The molecule has 0 amide bonds. The second-order valence-electron chi connectivity index (χ2n) is 7.38. The molecule has 1 aliphatic heterocycles.